The number of halogens is 1. The summed E-state index contributed by atoms with van der Waals surface area (Å²) < 4.78 is 21.7. The lowest BCUT2D eigenvalue weighted by Gasteiger charge is -2.13. The molecule has 3 aromatic heterocycles. The second kappa shape index (κ2) is 7.12. The van der Waals surface area contributed by atoms with Crippen molar-refractivity contribution in [3.63, 3.8) is 0 Å². The number of nitriles is 1. The Kier molecular flexibility index (Phi) is 4.29. The minimum atomic E-state index is -0.283. The van der Waals surface area contributed by atoms with E-state index in [1.165, 1.54) is 6.07 Å². The smallest absolute Gasteiger partial charge is 0.208 e. The number of hydrogen-bond acceptors (Lipinski definition) is 6. The van der Waals surface area contributed by atoms with E-state index in [4.69, 9.17) is 4.74 Å². The average Bonchev–Trinajstić information content (AvgIpc) is 3.40. The molecule has 0 unspecified atom stereocenters. The molecule has 1 N–H and O–H groups in total. The van der Waals surface area contributed by atoms with Crippen LogP contribution in [0.4, 0.5) is 10.3 Å². The highest BCUT2D eigenvalue weighted by molar-refractivity contribution is 5.79. The van der Waals surface area contributed by atoms with Crippen molar-refractivity contribution in [2.75, 3.05) is 11.9 Å². The van der Waals surface area contributed by atoms with Gasteiger partial charge in [-0.1, -0.05) is 6.07 Å². The Hall–Kier alpha value is -3.99. The lowest BCUT2D eigenvalue weighted by atomic mass is 10.0. The number of ether oxygens (including phenoxy) is 1. The molecule has 7 nitrogen and oxygen atoms in total. The summed E-state index contributed by atoms with van der Waals surface area (Å²) >= 11 is 0. The highest BCUT2D eigenvalue weighted by atomic mass is 19.1. The van der Waals surface area contributed by atoms with E-state index >= 15 is 0 Å². The number of fused-ring (bicyclic) bond motifs is 2. The molecule has 1 aliphatic heterocycles. The van der Waals surface area contributed by atoms with Crippen LogP contribution in [0.2, 0.25) is 0 Å². The first-order chi connectivity index (χ1) is 14.7. The van der Waals surface area contributed by atoms with Crippen LogP contribution in [0.1, 0.15) is 22.5 Å². The van der Waals surface area contributed by atoms with Gasteiger partial charge in [-0.15, -0.1) is 0 Å². The Balaban J connectivity index is 1.56. The van der Waals surface area contributed by atoms with Gasteiger partial charge in [0.1, 0.15) is 17.6 Å². The zero-order chi connectivity index (χ0) is 20.7. The SMILES string of the molecule is Cc1ncccc1-c1cnc(NCc2c(F)ccc3c2CCO3)n2cc(C#N)nc12. The molecule has 0 bridgehead atoms. The Bertz CT molecular complexity index is 1320. The summed E-state index contributed by atoms with van der Waals surface area (Å²) in [6.07, 6.45) is 5.72. The highest BCUT2D eigenvalue weighted by Gasteiger charge is 2.20. The molecular weight excluding hydrogens is 383 g/mol. The zero-order valence-electron chi connectivity index (χ0n) is 16.2. The Morgan fingerprint density at radius 2 is 2.17 bits per heavy atom. The molecule has 5 rings (SSSR count). The first kappa shape index (κ1) is 18.1. The van der Waals surface area contributed by atoms with Crippen molar-refractivity contribution in [1.29, 1.82) is 5.26 Å². The van der Waals surface area contributed by atoms with E-state index < -0.39 is 0 Å². The van der Waals surface area contributed by atoms with Crippen molar-refractivity contribution >= 4 is 11.6 Å². The molecular formula is C22H17FN6O. The first-order valence-electron chi connectivity index (χ1n) is 9.53. The molecule has 0 radical (unpaired) electrons. The summed E-state index contributed by atoms with van der Waals surface area (Å²) in [6, 6.07) is 8.95. The number of aryl methyl sites for hydroxylation is 1. The molecule has 0 fully saturated rings. The van der Waals surface area contributed by atoms with Crippen LogP contribution in [-0.4, -0.2) is 26.0 Å². The molecule has 30 heavy (non-hydrogen) atoms. The third-order valence-corrected chi connectivity index (χ3v) is 5.27. The van der Waals surface area contributed by atoms with Gasteiger partial charge in [-0.05, 0) is 25.1 Å². The molecule has 0 spiro atoms. The van der Waals surface area contributed by atoms with Gasteiger partial charge in [0.2, 0.25) is 5.95 Å². The van der Waals surface area contributed by atoms with Crippen molar-refractivity contribution in [3.8, 4) is 22.9 Å². The lowest BCUT2D eigenvalue weighted by Crippen LogP contribution is -2.09. The zero-order valence-corrected chi connectivity index (χ0v) is 16.2. The molecule has 1 aliphatic rings. The maximum Gasteiger partial charge on any atom is 0.208 e. The number of benzene rings is 1. The van der Waals surface area contributed by atoms with Crippen LogP contribution in [0.15, 0.2) is 42.9 Å². The topological polar surface area (TPSA) is 88.1 Å². The predicted octanol–water partition coefficient (Wildman–Crippen LogP) is 3.66. The van der Waals surface area contributed by atoms with E-state index in [1.807, 2.05) is 19.1 Å². The van der Waals surface area contributed by atoms with Crippen molar-refractivity contribution in [2.24, 2.45) is 0 Å². The largest absolute Gasteiger partial charge is 0.493 e. The van der Waals surface area contributed by atoms with Gasteiger partial charge in [-0.25, -0.2) is 14.4 Å². The average molecular weight is 400 g/mol. The van der Waals surface area contributed by atoms with E-state index in [0.29, 0.717) is 30.2 Å². The van der Waals surface area contributed by atoms with Gasteiger partial charge < -0.3 is 10.1 Å². The van der Waals surface area contributed by atoms with Gasteiger partial charge in [0, 0.05) is 53.3 Å². The van der Waals surface area contributed by atoms with Gasteiger partial charge in [0.25, 0.3) is 0 Å². The van der Waals surface area contributed by atoms with E-state index in [-0.39, 0.29) is 18.1 Å². The highest BCUT2D eigenvalue weighted by Crippen LogP contribution is 2.31. The number of imidazole rings is 1. The molecule has 4 heterocycles. The van der Waals surface area contributed by atoms with Crippen molar-refractivity contribution in [3.05, 3.63) is 71.2 Å². The van der Waals surface area contributed by atoms with Gasteiger partial charge in [-0.2, -0.15) is 5.26 Å². The van der Waals surface area contributed by atoms with E-state index in [9.17, 15) is 9.65 Å². The molecule has 0 atom stereocenters. The Morgan fingerprint density at radius 1 is 1.27 bits per heavy atom. The molecule has 0 saturated heterocycles. The number of rotatable bonds is 4. The normalized spacial score (nSPS) is 12.4. The number of anilines is 1. The monoisotopic (exact) mass is 400 g/mol. The number of nitrogens with one attached hydrogen (secondary N) is 1. The molecule has 1 aromatic carbocycles. The second-order valence-corrected chi connectivity index (χ2v) is 7.02. The van der Waals surface area contributed by atoms with Crippen LogP contribution in [0.5, 0.6) is 5.75 Å². The summed E-state index contributed by atoms with van der Waals surface area (Å²) in [5.74, 6) is 0.914. The molecule has 0 amide bonds. The molecule has 0 saturated carbocycles. The Morgan fingerprint density at radius 3 is 3.00 bits per heavy atom. The first-order valence-corrected chi connectivity index (χ1v) is 9.53. The van der Waals surface area contributed by atoms with Crippen LogP contribution in [-0.2, 0) is 13.0 Å². The number of nitrogens with zero attached hydrogens (tertiary/aromatic N) is 5. The number of pyridine rings is 1. The van der Waals surface area contributed by atoms with Crippen molar-refractivity contribution in [2.45, 2.75) is 19.9 Å². The van der Waals surface area contributed by atoms with Gasteiger partial charge >= 0.3 is 0 Å². The summed E-state index contributed by atoms with van der Waals surface area (Å²) in [6.45, 7) is 2.71. The fourth-order valence-electron chi connectivity index (χ4n) is 3.79. The predicted molar refractivity (Wildman–Crippen MR) is 109 cm³/mol. The number of aromatic nitrogens is 4. The maximum absolute atomic E-state index is 14.5. The summed E-state index contributed by atoms with van der Waals surface area (Å²) in [5, 5.41) is 12.5. The van der Waals surface area contributed by atoms with E-state index in [2.05, 4.69) is 26.3 Å². The van der Waals surface area contributed by atoms with Crippen LogP contribution >= 0.6 is 0 Å². The quantitative estimate of drug-likeness (QED) is 0.563. The van der Waals surface area contributed by atoms with Gasteiger partial charge in [0.15, 0.2) is 11.3 Å². The Labute approximate surface area is 171 Å². The minimum Gasteiger partial charge on any atom is -0.493 e. The second-order valence-electron chi connectivity index (χ2n) is 7.02. The molecule has 4 aromatic rings. The van der Waals surface area contributed by atoms with Gasteiger partial charge in [0.05, 0.1) is 12.8 Å². The van der Waals surface area contributed by atoms with Crippen molar-refractivity contribution in [1.82, 2.24) is 19.4 Å². The van der Waals surface area contributed by atoms with E-state index in [1.54, 1.807) is 29.1 Å². The third-order valence-electron chi connectivity index (χ3n) is 5.27. The fourth-order valence-corrected chi connectivity index (χ4v) is 3.79. The van der Waals surface area contributed by atoms with Crippen LogP contribution in [0.3, 0.4) is 0 Å². The molecule has 8 heteroatoms. The van der Waals surface area contributed by atoms with Crippen LogP contribution in [0.25, 0.3) is 16.8 Å². The summed E-state index contributed by atoms with van der Waals surface area (Å²) in [5.41, 5.74) is 4.80. The standard InChI is InChI=1S/C22H17FN6O/c1-13-15(3-2-7-25-13)18-11-27-22(29-12-14(9-24)28-21(18)29)26-10-17-16-6-8-30-20(16)5-4-19(17)23/h2-5,7,11-12H,6,8,10H2,1H3,(H,26,27). The molecule has 148 valence electrons. The van der Waals surface area contributed by atoms with Crippen LogP contribution in [0, 0.1) is 24.1 Å². The van der Waals surface area contributed by atoms with Crippen molar-refractivity contribution < 1.29 is 9.13 Å². The summed E-state index contributed by atoms with van der Waals surface area (Å²) in [7, 11) is 0. The minimum absolute atomic E-state index is 0.242. The van der Waals surface area contributed by atoms with Crippen LogP contribution < -0.4 is 10.1 Å². The third kappa shape index (κ3) is 2.92. The number of hydrogen-bond donors (Lipinski definition) is 1. The fraction of sp³-hybridized carbons (Fsp3) is 0.182. The molecule has 0 aliphatic carbocycles. The van der Waals surface area contributed by atoms with Gasteiger partial charge in [-0.3, -0.25) is 9.38 Å². The summed E-state index contributed by atoms with van der Waals surface area (Å²) in [4.78, 5) is 13.3. The van der Waals surface area contributed by atoms with E-state index in [0.717, 1.165) is 28.1 Å². The lowest BCUT2D eigenvalue weighted by molar-refractivity contribution is 0.356. The maximum atomic E-state index is 14.5.